The lowest BCUT2D eigenvalue weighted by Gasteiger charge is -2.05. The van der Waals surface area contributed by atoms with E-state index >= 15 is 0 Å². The molecule has 0 atom stereocenters. The Kier molecular flexibility index (Phi) is 6.19. The maximum absolute atomic E-state index is 13.2. The summed E-state index contributed by atoms with van der Waals surface area (Å²) in [6.07, 6.45) is 5.12. The molecule has 124 valence electrons. The van der Waals surface area contributed by atoms with E-state index in [0.717, 1.165) is 17.7 Å². The summed E-state index contributed by atoms with van der Waals surface area (Å²) in [5.74, 6) is -0.437. The first kappa shape index (κ1) is 17.3. The summed E-state index contributed by atoms with van der Waals surface area (Å²) in [5.41, 5.74) is 1.59. The summed E-state index contributed by atoms with van der Waals surface area (Å²) in [5, 5.41) is 13.1. The zero-order valence-corrected chi connectivity index (χ0v) is 13.3. The second kappa shape index (κ2) is 8.57. The fraction of sp³-hybridized carbons (Fsp3) is 0.167. The Morgan fingerprint density at radius 3 is 2.79 bits per heavy atom. The second-order valence-electron chi connectivity index (χ2n) is 5.12. The van der Waals surface area contributed by atoms with Crippen LogP contribution in [0, 0.1) is 11.2 Å². The van der Waals surface area contributed by atoms with Gasteiger partial charge in [-0.2, -0.15) is 0 Å². The van der Waals surface area contributed by atoms with Crippen LogP contribution < -0.4 is 10.6 Å². The number of carbonyl (C=O) groups excluding carboxylic acids is 1. The standard InChI is InChI=1S/C18H19FN4O/c1-2-21-9-8-16(20)18(24)23-17-7-6-14(12-22-17)10-13-4-3-5-15(19)11-13/h3-9,11-12,20-21H,2,10H2,1H3,(H,22,23,24)/b9-8-,20-16?. The summed E-state index contributed by atoms with van der Waals surface area (Å²) in [7, 11) is 0. The molecule has 1 heterocycles. The van der Waals surface area contributed by atoms with Crippen LogP contribution in [-0.2, 0) is 11.2 Å². The molecule has 0 aliphatic carbocycles. The average molecular weight is 326 g/mol. The first-order chi connectivity index (χ1) is 11.6. The molecule has 0 unspecified atom stereocenters. The Bertz CT molecular complexity index is 741. The molecule has 3 N–H and O–H groups in total. The highest BCUT2D eigenvalue weighted by atomic mass is 19.1. The average Bonchev–Trinajstić information content (AvgIpc) is 2.57. The number of rotatable bonds is 7. The van der Waals surface area contributed by atoms with Crippen LogP contribution in [0.4, 0.5) is 10.2 Å². The molecule has 0 spiro atoms. The summed E-state index contributed by atoms with van der Waals surface area (Å²) < 4.78 is 13.2. The predicted molar refractivity (Wildman–Crippen MR) is 92.6 cm³/mol. The molecule has 24 heavy (non-hydrogen) atoms. The Hall–Kier alpha value is -3.02. The number of anilines is 1. The van der Waals surface area contributed by atoms with Gasteiger partial charge in [-0.1, -0.05) is 18.2 Å². The van der Waals surface area contributed by atoms with Gasteiger partial charge in [-0.05, 0) is 54.9 Å². The molecular weight excluding hydrogens is 307 g/mol. The summed E-state index contributed by atoms with van der Waals surface area (Å²) in [6, 6.07) is 9.86. The minimum atomic E-state index is -0.533. The van der Waals surface area contributed by atoms with E-state index in [0.29, 0.717) is 12.2 Å². The minimum absolute atomic E-state index is 0.165. The van der Waals surface area contributed by atoms with Gasteiger partial charge in [0.15, 0.2) is 0 Å². The van der Waals surface area contributed by atoms with Crippen molar-refractivity contribution in [3.05, 3.63) is 71.8 Å². The van der Waals surface area contributed by atoms with E-state index in [1.165, 1.54) is 18.2 Å². The van der Waals surface area contributed by atoms with Gasteiger partial charge in [0.05, 0.1) is 0 Å². The largest absolute Gasteiger partial charge is 0.391 e. The zero-order valence-electron chi connectivity index (χ0n) is 13.3. The number of nitrogens with one attached hydrogen (secondary N) is 3. The highest BCUT2D eigenvalue weighted by Gasteiger charge is 2.07. The van der Waals surface area contributed by atoms with Crippen LogP contribution in [0.2, 0.25) is 0 Å². The normalized spacial score (nSPS) is 10.6. The minimum Gasteiger partial charge on any atom is -0.391 e. The van der Waals surface area contributed by atoms with Crippen LogP contribution in [0.25, 0.3) is 0 Å². The molecule has 1 amide bonds. The topological polar surface area (TPSA) is 77.9 Å². The van der Waals surface area contributed by atoms with Crippen molar-refractivity contribution in [1.29, 1.82) is 5.41 Å². The molecule has 0 saturated carbocycles. The summed E-state index contributed by atoms with van der Waals surface area (Å²) >= 11 is 0. The fourth-order valence-corrected chi connectivity index (χ4v) is 2.01. The number of pyridine rings is 1. The number of nitrogens with zero attached hydrogens (tertiary/aromatic N) is 1. The van der Waals surface area contributed by atoms with Crippen LogP contribution in [-0.4, -0.2) is 23.1 Å². The number of benzene rings is 1. The van der Waals surface area contributed by atoms with Gasteiger partial charge in [-0.25, -0.2) is 9.37 Å². The van der Waals surface area contributed by atoms with E-state index in [1.807, 2.05) is 19.1 Å². The van der Waals surface area contributed by atoms with Crippen molar-refractivity contribution in [2.75, 3.05) is 11.9 Å². The van der Waals surface area contributed by atoms with Crippen molar-refractivity contribution >= 4 is 17.4 Å². The van der Waals surface area contributed by atoms with Crippen LogP contribution in [0.3, 0.4) is 0 Å². The summed E-state index contributed by atoms with van der Waals surface area (Å²) in [6.45, 7) is 2.64. The van der Waals surface area contributed by atoms with E-state index in [-0.39, 0.29) is 11.5 Å². The molecule has 0 saturated heterocycles. The van der Waals surface area contributed by atoms with Gasteiger partial charge in [0.2, 0.25) is 0 Å². The molecule has 1 aromatic carbocycles. The van der Waals surface area contributed by atoms with Crippen LogP contribution in [0.1, 0.15) is 18.1 Å². The lowest BCUT2D eigenvalue weighted by molar-refractivity contribution is -0.110. The third-order valence-electron chi connectivity index (χ3n) is 3.18. The molecule has 6 heteroatoms. The zero-order chi connectivity index (χ0) is 17.4. The number of hydrogen-bond acceptors (Lipinski definition) is 4. The van der Waals surface area contributed by atoms with Gasteiger partial charge in [-0.3, -0.25) is 10.2 Å². The quantitative estimate of drug-likeness (QED) is 0.685. The van der Waals surface area contributed by atoms with Crippen molar-refractivity contribution in [3.63, 3.8) is 0 Å². The van der Waals surface area contributed by atoms with Gasteiger partial charge in [0.25, 0.3) is 5.91 Å². The van der Waals surface area contributed by atoms with E-state index in [1.54, 1.807) is 24.5 Å². The number of halogens is 1. The fourth-order valence-electron chi connectivity index (χ4n) is 2.01. The highest BCUT2D eigenvalue weighted by molar-refractivity contribution is 6.45. The lowest BCUT2D eigenvalue weighted by Crippen LogP contribution is -2.21. The van der Waals surface area contributed by atoms with E-state index in [4.69, 9.17) is 5.41 Å². The Balaban J connectivity index is 1.94. The van der Waals surface area contributed by atoms with Crippen molar-refractivity contribution in [3.8, 4) is 0 Å². The van der Waals surface area contributed by atoms with E-state index in [9.17, 15) is 9.18 Å². The third kappa shape index (κ3) is 5.31. The Labute approximate surface area is 140 Å². The van der Waals surface area contributed by atoms with Gasteiger partial charge in [0, 0.05) is 12.7 Å². The maximum atomic E-state index is 13.2. The van der Waals surface area contributed by atoms with E-state index in [2.05, 4.69) is 15.6 Å². The van der Waals surface area contributed by atoms with Crippen LogP contribution >= 0.6 is 0 Å². The molecule has 2 aromatic rings. The second-order valence-corrected chi connectivity index (χ2v) is 5.12. The molecule has 0 radical (unpaired) electrons. The molecule has 0 aliphatic heterocycles. The van der Waals surface area contributed by atoms with Crippen LogP contribution in [0.5, 0.6) is 0 Å². The Morgan fingerprint density at radius 1 is 1.29 bits per heavy atom. The van der Waals surface area contributed by atoms with Gasteiger partial charge < -0.3 is 10.6 Å². The monoisotopic (exact) mass is 326 g/mol. The first-order valence-corrected chi connectivity index (χ1v) is 7.57. The molecule has 5 nitrogen and oxygen atoms in total. The highest BCUT2D eigenvalue weighted by Crippen LogP contribution is 2.12. The van der Waals surface area contributed by atoms with Crippen molar-refractivity contribution in [2.24, 2.45) is 0 Å². The number of carbonyl (C=O) groups is 1. The summed E-state index contributed by atoms with van der Waals surface area (Å²) in [4.78, 5) is 16.0. The van der Waals surface area contributed by atoms with Gasteiger partial charge >= 0.3 is 0 Å². The molecule has 1 aromatic heterocycles. The van der Waals surface area contributed by atoms with Crippen LogP contribution in [0.15, 0.2) is 54.9 Å². The van der Waals surface area contributed by atoms with E-state index < -0.39 is 5.91 Å². The molecule has 2 rings (SSSR count). The predicted octanol–water partition coefficient (Wildman–Crippen LogP) is 2.89. The van der Waals surface area contributed by atoms with Crippen molar-refractivity contribution < 1.29 is 9.18 Å². The molecule has 0 bridgehead atoms. The molecule has 0 aliphatic rings. The maximum Gasteiger partial charge on any atom is 0.274 e. The van der Waals surface area contributed by atoms with Crippen molar-refractivity contribution in [1.82, 2.24) is 10.3 Å². The number of amides is 1. The Morgan fingerprint density at radius 2 is 2.12 bits per heavy atom. The molecular formula is C18H19FN4O. The molecule has 0 fully saturated rings. The third-order valence-corrected chi connectivity index (χ3v) is 3.18. The smallest absolute Gasteiger partial charge is 0.274 e. The SMILES string of the molecule is CCN/C=C\C(=N)C(=O)Nc1ccc(Cc2cccc(F)c2)cn1. The van der Waals surface area contributed by atoms with Gasteiger partial charge in [-0.15, -0.1) is 0 Å². The van der Waals surface area contributed by atoms with Gasteiger partial charge in [0.1, 0.15) is 17.3 Å². The first-order valence-electron chi connectivity index (χ1n) is 7.57. The number of hydrogen-bond donors (Lipinski definition) is 3. The van der Waals surface area contributed by atoms with Crippen molar-refractivity contribution in [2.45, 2.75) is 13.3 Å². The lowest BCUT2D eigenvalue weighted by atomic mass is 10.1. The number of aromatic nitrogens is 1.